The van der Waals surface area contributed by atoms with Crippen LogP contribution in [0.4, 0.5) is 0 Å². The standard InChI is InChI=1S/C32H28ClN3O4/c1-21-16-25(24-10-12-26(33)13-11-24)18-36-19-29(34-30(21)36)31(37)35-28(32(38)39-2)17-22-8-14-27(15-9-22)40-20-23-6-4-3-5-7-23/h3-16,18-19,28H,17,20H2,1-2H3,(H,35,37)/t28-/m0/s1. The maximum Gasteiger partial charge on any atom is 0.328 e. The average molecular weight is 554 g/mol. The van der Waals surface area contributed by atoms with Crippen LogP contribution < -0.4 is 10.1 Å². The van der Waals surface area contributed by atoms with Gasteiger partial charge in [0.1, 0.15) is 29.7 Å². The van der Waals surface area contributed by atoms with Gasteiger partial charge in [0.2, 0.25) is 0 Å². The van der Waals surface area contributed by atoms with E-state index < -0.39 is 17.9 Å². The molecule has 0 aliphatic carbocycles. The fourth-order valence-electron chi connectivity index (χ4n) is 4.44. The van der Waals surface area contributed by atoms with Crippen molar-refractivity contribution in [2.45, 2.75) is 26.0 Å². The molecule has 2 heterocycles. The molecule has 3 aromatic carbocycles. The number of aromatic nitrogens is 2. The second kappa shape index (κ2) is 12.1. The molecule has 0 bridgehead atoms. The third kappa shape index (κ3) is 6.33. The molecule has 0 unspecified atom stereocenters. The summed E-state index contributed by atoms with van der Waals surface area (Å²) in [4.78, 5) is 30.3. The predicted octanol–water partition coefficient (Wildman–Crippen LogP) is 6.06. The highest BCUT2D eigenvalue weighted by atomic mass is 35.5. The molecule has 8 heteroatoms. The van der Waals surface area contributed by atoms with Gasteiger partial charge in [-0.1, -0.05) is 66.2 Å². The number of benzene rings is 3. The van der Waals surface area contributed by atoms with Crippen LogP contribution in [0.5, 0.6) is 5.75 Å². The molecule has 0 spiro atoms. The van der Waals surface area contributed by atoms with Gasteiger partial charge < -0.3 is 19.2 Å². The van der Waals surface area contributed by atoms with Crippen LogP contribution in [0.15, 0.2) is 97.3 Å². The lowest BCUT2D eigenvalue weighted by Crippen LogP contribution is -2.43. The molecule has 1 N–H and O–H groups in total. The van der Waals surface area contributed by atoms with Gasteiger partial charge in [-0.15, -0.1) is 0 Å². The average Bonchev–Trinajstić information content (AvgIpc) is 3.42. The van der Waals surface area contributed by atoms with Crippen molar-refractivity contribution >= 4 is 29.1 Å². The first kappa shape index (κ1) is 27.0. The summed E-state index contributed by atoms with van der Waals surface area (Å²) in [5.74, 6) is -0.290. The van der Waals surface area contributed by atoms with E-state index >= 15 is 0 Å². The van der Waals surface area contributed by atoms with Crippen molar-refractivity contribution in [1.82, 2.24) is 14.7 Å². The van der Waals surface area contributed by atoms with Crippen molar-refractivity contribution < 1.29 is 19.1 Å². The van der Waals surface area contributed by atoms with E-state index in [0.717, 1.165) is 27.8 Å². The maximum absolute atomic E-state index is 13.2. The number of carbonyl (C=O) groups is 2. The van der Waals surface area contributed by atoms with Gasteiger partial charge in [0.15, 0.2) is 0 Å². The van der Waals surface area contributed by atoms with Gasteiger partial charge >= 0.3 is 5.97 Å². The molecular weight excluding hydrogens is 526 g/mol. The minimum atomic E-state index is -0.885. The number of methoxy groups -OCH3 is 1. The quantitative estimate of drug-likeness (QED) is 0.224. The summed E-state index contributed by atoms with van der Waals surface area (Å²) >= 11 is 6.03. The SMILES string of the molecule is COC(=O)[C@H](Cc1ccc(OCc2ccccc2)cc1)NC(=O)c1cn2cc(-c3ccc(Cl)cc3)cc(C)c2n1. The number of esters is 1. The first-order chi connectivity index (χ1) is 19.4. The molecule has 5 aromatic rings. The Morgan fingerprint density at radius 1 is 0.925 bits per heavy atom. The molecule has 2 aromatic heterocycles. The number of carbonyl (C=O) groups excluding carboxylic acids is 2. The molecule has 5 rings (SSSR count). The number of imidazole rings is 1. The van der Waals surface area contributed by atoms with Crippen molar-refractivity contribution in [3.05, 3.63) is 125 Å². The van der Waals surface area contributed by atoms with Crippen LogP contribution in [0.2, 0.25) is 5.02 Å². The summed E-state index contributed by atoms with van der Waals surface area (Å²) in [7, 11) is 1.30. The molecule has 40 heavy (non-hydrogen) atoms. The Morgan fingerprint density at radius 3 is 2.35 bits per heavy atom. The number of amides is 1. The van der Waals surface area contributed by atoms with Gasteiger partial charge in [-0.3, -0.25) is 4.79 Å². The number of fused-ring (bicyclic) bond motifs is 1. The summed E-state index contributed by atoms with van der Waals surface area (Å²) in [5, 5.41) is 3.45. The number of aryl methyl sites for hydroxylation is 1. The summed E-state index contributed by atoms with van der Waals surface area (Å²) in [6.45, 7) is 2.40. The fourth-order valence-corrected chi connectivity index (χ4v) is 4.57. The Hall–Kier alpha value is -4.62. The molecule has 0 radical (unpaired) electrons. The van der Waals surface area contributed by atoms with E-state index in [1.165, 1.54) is 7.11 Å². The second-order valence-corrected chi connectivity index (χ2v) is 9.88. The minimum Gasteiger partial charge on any atom is -0.489 e. The van der Waals surface area contributed by atoms with Gasteiger partial charge in [0, 0.05) is 23.8 Å². The zero-order valence-corrected chi connectivity index (χ0v) is 22.9. The third-order valence-corrected chi connectivity index (χ3v) is 6.80. The van der Waals surface area contributed by atoms with Crippen molar-refractivity contribution in [2.75, 3.05) is 7.11 Å². The number of rotatable bonds is 9. The molecule has 1 atom stereocenters. The largest absolute Gasteiger partial charge is 0.489 e. The van der Waals surface area contributed by atoms with E-state index in [-0.39, 0.29) is 12.1 Å². The Balaban J connectivity index is 1.29. The first-order valence-corrected chi connectivity index (χ1v) is 13.2. The zero-order chi connectivity index (χ0) is 28.1. The van der Waals surface area contributed by atoms with E-state index in [1.54, 1.807) is 6.20 Å². The number of nitrogens with zero attached hydrogens (tertiary/aromatic N) is 2. The van der Waals surface area contributed by atoms with E-state index in [2.05, 4.69) is 10.3 Å². The van der Waals surface area contributed by atoms with Crippen LogP contribution in [0.1, 0.15) is 27.2 Å². The Bertz CT molecular complexity index is 1630. The van der Waals surface area contributed by atoms with Crippen molar-refractivity contribution in [1.29, 1.82) is 0 Å². The van der Waals surface area contributed by atoms with E-state index in [1.807, 2.05) is 102 Å². The molecule has 0 aliphatic rings. The van der Waals surface area contributed by atoms with E-state index in [0.29, 0.717) is 23.0 Å². The van der Waals surface area contributed by atoms with Crippen LogP contribution in [-0.2, 0) is 22.6 Å². The van der Waals surface area contributed by atoms with Gasteiger partial charge in [0.25, 0.3) is 5.91 Å². The molecule has 0 saturated heterocycles. The molecule has 7 nitrogen and oxygen atoms in total. The predicted molar refractivity (Wildman–Crippen MR) is 155 cm³/mol. The van der Waals surface area contributed by atoms with Crippen molar-refractivity contribution in [2.24, 2.45) is 0 Å². The molecule has 1 amide bonds. The van der Waals surface area contributed by atoms with E-state index in [4.69, 9.17) is 21.1 Å². The topological polar surface area (TPSA) is 81.9 Å². The second-order valence-electron chi connectivity index (χ2n) is 9.45. The third-order valence-electron chi connectivity index (χ3n) is 6.55. The van der Waals surface area contributed by atoms with Gasteiger partial charge in [-0.2, -0.15) is 0 Å². The minimum absolute atomic E-state index is 0.204. The van der Waals surface area contributed by atoms with Crippen LogP contribution in [0, 0.1) is 6.92 Å². The highest BCUT2D eigenvalue weighted by molar-refractivity contribution is 6.30. The molecule has 202 valence electrons. The van der Waals surface area contributed by atoms with Gasteiger partial charge in [-0.05, 0) is 65.1 Å². The smallest absolute Gasteiger partial charge is 0.328 e. The van der Waals surface area contributed by atoms with Crippen LogP contribution in [-0.4, -0.2) is 34.4 Å². The molecular formula is C32H28ClN3O4. The zero-order valence-electron chi connectivity index (χ0n) is 22.1. The normalized spacial score (nSPS) is 11.7. The van der Waals surface area contributed by atoms with Gasteiger partial charge in [0.05, 0.1) is 7.11 Å². The summed E-state index contributed by atoms with van der Waals surface area (Å²) in [6, 6.07) is 26.0. The Kier molecular flexibility index (Phi) is 8.12. The van der Waals surface area contributed by atoms with Crippen LogP contribution >= 0.6 is 11.6 Å². The highest BCUT2D eigenvalue weighted by Gasteiger charge is 2.24. The number of hydrogen-bond donors (Lipinski definition) is 1. The Labute approximate surface area is 237 Å². The number of halogens is 1. The van der Waals surface area contributed by atoms with Crippen LogP contribution in [0.3, 0.4) is 0 Å². The summed E-state index contributed by atoms with van der Waals surface area (Å²) < 4.78 is 12.6. The Morgan fingerprint density at radius 2 is 1.65 bits per heavy atom. The van der Waals surface area contributed by atoms with Gasteiger partial charge in [-0.25, -0.2) is 9.78 Å². The number of hydrogen-bond acceptors (Lipinski definition) is 5. The number of pyridine rings is 1. The summed E-state index contributed by atoms with van der Waals surface area (Å²) in [6.07, 6.45) is 3.82. The monoisotopic (exact) mass is 553 g/mol. The van der Waals surface area contributed by atoms with Crippen LogP contribution in [0.25, 0.3) is 16.8 Å². The van der Waals surface area contributed by atoms with Crippen molar-refractivity contribution in [3.63, 3.8) is 0 Å². The number of nitrogens with one attached hydrogen (secondary N) is 1. The summed E-state index contributed by atoms with van der Waals surface area (Å²) in [5.41, 5.74) is 5.65. The molecule has 0 fully saturated rings. The van der Waals surface area contributed by atoms with Crippen molar-refractivity contribution in [3.8, 4) is 16.9 Å². The van der Waals surface area contributed by atoms with E-state index in [9.17, 15) is 9.59 Å². The fraction of sp³-hybridized carbons (Fsp3) is 0.156. The lowest BCUT2D eigenvalue weighted by Gasteiger charge is -2.16. The first-order valence-electron chi connectivity index (χ1n) is 12.8. The number of ether oxygens (including phenoxy) is 2. The lowest BCUT2D eigenvalue weighted by atomic mass is 10.1. The lowest BCUT2D eigenvalue weighted by molar-refractivity contribution is -0.142. The molecule has 0 aliphatic heterocycles. The maximum atomic E-state index is 13.2. The molecule has 0 saturated carbocycles. The highest BCUT2D eigenvalue weighted by Crippen LogP contribution is 2.24.